The van der Waals surface area contributed by atoms with E-state index in [0.29, 0.717) is 45.9 Å². The van der Waals surface area contributed by atoms with Gasteiger partial charge in [-0.2, -0.15) is 0 Å². The Bertz CT molecular complexity index is 2160. The van der Waals surface area contributed by atoms with Crippen molar-refractivity contribution in [1.82, 2.24) is 30.4 Å². The number of carbonyl (C=O) groups excluding carboxylic acids is 2. The van der Waals surface area contributed by atoms with Crippen molar-refractivity contribution in [2.75, 3.05) is 18.5 Å². The first-order valence-corrected chi connectivity index (χ1v) is 20.5. The van der Waals surface area contributed by atoms with Gasteiger partial charge in [0.25, 0.3) is 11.8 Å². The van der Waals surface area contributed by atoms with Crippen LogP contribution in [0.2, 0.25) is 0 Å². The van der Waals surface area contributed by atoms with Crippen molar-refractivity contribution in [2.45, 2.75) is 104 Å². The molecule has 2 amide bonds. The molecule has 4 N–H and O–H groups in total. The number of nitrogens with one attached hydrogen (secondary N) is 3. The number of hydrogen-bond acceptors (Lipinski definition) is 8. The number of aromatic nitrogens is 5. The van der Waals surface area contributed by atoms with Gasteiger partial charge in [0.1, 0.15) is 24.0 Å². The Hall–Kier alpha value is -4.92. The van der Waals surface area contributed by atoms with Gasteiger partial charge in [0.15, 0.2) is 0 Å². The van der Waals surface area contributed by atoms with Gasteiger partial charge >= 0.3 is 6.36 Å². The molecule has 4 aromatic rings. The summed E-state index contributed by atoms with van der Waals surface area (Å²) in [4.78, 5) is 43.4. The second-order valence-electron chi connectivity index (χ2n) is 17.3. The summed E-state index contributed by atoms with van der Waals surface area (Å²) in [5.74, 6) is 0.539. The highest BCUT2D eigenvalue weighted by Crippen LogP contribution is 2.51. The molecule has 3 aliphatic rings. The smallest absolute Gasteiger partial charge is 0.406 e. The van der Waals surface area contributed by atoms with E-state index < -0.39 is 24.1 Å². The Morgan fingerprint density at radius 3 is 2.41 bits per heavy atom. The number of amides is 2. The number of benzene rings is 1. The monoisotopic (exact) mass is 805 g/mol. The molecule has 58 heavy (non-hydrogen) atoms. The fourth-order valence-electron chi connectivity index (χ4n) is 9.64. The zero-order chi connectivity index (χ0) is 41.5. The SMILES string of the molecule is CC1CCC(C(C)C)C(c2[nH]c(/C=C3\C(=O)Nc4ccc(OC(F)(F)F)cc43)c(C3CC(C)CCC3C(C)C)c2C(=O)NCC(O)COn2nnc3cccnc32)C1. The summed E-state index contributed by atoms with van der Waals surface area (Å²) in [7, 11) is 0. The maximum Gasteiger partial charge on any atom is 0.573 e. The van der Waals surface area contributed by atoms with Crippen LogP contribution in [0.25, 0.3) is 22.8 Å². The van der Waals surface area contributed by atoms with Crippen LogP contribution in [0.5, 0.6) is 5.75 Å². The van der Waals surface area contributed by atoms with E-state index in [1.54, 1.807) is 24.4 Å². The molecule has 4 heterocycles. The van der Waals surface area contributed by atoms with Crippen LogP contribution in [-0.4, -0.2) is 67.7 Å². The Morgan fingerprint density at radius 2 is 1.72 bits per heavy atom. The first kappa shape index (κ1) is 41.2. The third-order valence-electron chi connectivity index (χ3n) is 12.5. The molecule has 15 heteroatoms. The second-order valence-corrected chi connectivity index (χ2v) is 17.3. The third kappa shape index (κ3) is 8.74. The molecular formula is C43H54F3N7O5. The Kier molecular flexibility index (Phi) is 11.9. The van der Waals surface area contributed by atoms with Crippen LogP contribution < -0.4 is 20.2 Å². The quantitative estimate of drug-likeness (QED) is 0.105. The van der Waals surface area contributed by atoms with E-state index in [9.17, 15) is 27.9 Å². The lowest BCUT2D eigenvalue weighted by atomic mass is 9.65. The van der Waals surface area contributed by atoms with Gasteiger partial charge < -0.3 is 30.3 Å². The van der Waals surface area contributed by atoms with Gasteiger partial charge in [-0.3, -0.25) is 9.59 Å². The number of aliphatic hydroxyl groups is 1. The van der Waals surface area contributed by atoms with Gasteiger partial charge in [0.05, 0.1) is 11.1 Å². The minimum atomic E-state index is -4.91. The molecule has 2 aliphatic carbocycles. The van der Waals surface area contributed by atoms with E-state index in [0.717, 1.165) is 54.6 Å². The van der Waals surface area contributed by atoms with E-state index in [1.807, 2.05) is 0 Å². The van der Waals surface area contributed by atoms with Gasteiger partial charge in [-0.15, -0.1) is 18.3 Å². The molecule has 1 aliphatic heterocycles. The highest BCUT2D eigenvalue weighted by Gasteiger charge is 2.42. The molecule has 12 nitrogen and oxygen atoms in total. The minimum Gasteiger partial charge on any atom is -0.406 e. The van der Waals surface area contributed by atoms with E-state index in [1.165, 1.54) is 18.2 Å². The molecule has 2 saturated carbocycles. The summed E-state index contributed by atoms with van der Waals surface area (Å²) in [6.45, 7) is 13.0. The molecule has 1 aromatic carbocycles. The van der Waals surface area contributed by atoms with E-state index in [-0.39, 0.29) is 59.8 Å². The van der Waals surface area contributed by atoms with Crippen molar-refractivity contribution in [2.24, 2.45) is 35.5 Å². The Morgan fingerprint density at radius 1 is 1.03 bits per heavy atom. The molecule has 0 bridgehead atoms. The van der Waals surface area contributed by atoms with Crippen LogP contribution in [0.3, 0.4) is 0 Å². The van der Waals surface area contributed by atoms with Gasteiger partial charge in [0, 0.05) is 41.3 Å². The number of aliphatic hydroxyl groups excluding tert-OH is 1. The molecule has 0 radical (unpaired) electrons. The molecule has 7 unspecified atom stereocenters. The van der Waals surface area contributed by atoms with Gasteiger partial charge in [-0.05, 0) is 114 Å². The number of hydrogen-bond donors (Lipinski definition) is 4. The number of anilines is 1. The fourth-order valence-corrected chi connectivity index (χ4v) is 9.64. The highest BCUT2D eigenvalue weighted by molar-refractivity contribution is 6.35. The average Bonchev–Trinajstić information content (AvgIpc) is 3.85. The number of aromatic amines is 1. The lowest BCUT2D eigenvalue weighted by molar-refractivity contribution is -0.274. The molecule has 7 rings (SSSR count). The topological polar surface area (TPSA) is 156 Å². The highest BCUT2D eigenvalue weighted by atomic mass is 19.4. The van der Waals surface area contributed by atoms with Gasteiger partial charge in [0.2, 0.25) is 5.65 Å². The van der Waals surface area contributed by atoms with Gasteiger partial charge in [-0.1, -0.05) is 59.2 Å². The van der Waals surface area contributed by atoms with Crippen molar-refractivity contribution in [3.8, 4) is 5.75 Å². The molecule has 312 valence electrons. The number of alkyl halides is 3. The molecule has 3 aromatic heterocycles. The van der Waals surface area contributed by atoms with Gasteiger partial charge in [-0.25, -0.2) is 4.98 Å². The maximum atomic E-state index is 14.9. The first-order chi connectivity index (χ1) is 27.6. The van der Waals surface area contributed by atoms with Crippen LogP contribution in [0.15, 0.2) is 36.5 Å². The number of carbonyl (C=O) groups is 2. The standard InChI is InChI=1S/C43H54F3N7O5/c1-22(2)28-12-9-24(5)16-31(28)37-36(19-33-30-18-27(58-43(44,45)46)11-14-34(30)50-41(33)55)49-39(32-17-25(6)10-13-29(32)23(3)4)38(37)42(56)48-20-26(54)21-57-53-40-35(51-52-53)8-7-15-47-40/h7-8,11,14-15,18-19,22-26,28-29,31-32,49,54H,9-10,12-13,16-17,20-21H2,1-6H3,(H,48,56)(H,50,55)/b33-19-. The summed E-state index contributed by atoms with van der Waals surface area (Å²) < 4.78 is 44.2. The number of pyridine rings is 1. The summed E-state index contributed by atoms with van der Waals surface area (Å²) in [6, 6.07) is 7.28. The van der Waals surface area contributed by atoms with E-state index in [4.69, 9.17) is 4.84 Å². The van der Waals surface area contributed by atoms with Crippen molar-refractivity contribution < 1.29 is 37.4 Å². The lowest BCUT2D eigenvalue weighted by Gasteiger charge is -2.39. The molecule has 0 saturated heterocycles. The van der Waals surface area contributed by atoms with Crippen LogP contribution in [0.1, 0.15) is 125 Å². The van der Waals surface area contributed by atoms with E-state index >= 15 is 0 Å². The molecular weight excluding hydrogens is 752 g/mol. The number of halogens is 3. The molecule has 2 fully saturated rings. The fraction of sp³-hybridized carbons (Fsp3) is 0.558. The minimum absolute atomic E-state index is 0.00764. The first-order valence-electron chi connectivity index (χ1n) is 20.5. The maximum absolute atomic E-state index is 14.9. The third-order valence-corrected chi connectivity index (χ3v) is 12.5. The number of rotatable bonds is 12. The summed E-state index contributed by atoms with van der Waals surface area (Å²) >= 11 is 0. The number of fused-ring (bicyclic) bond motifs is 2. The molecule has 7 atom stereocenters. The van der Waals surface area contributed by atoms with Crippen molar-refractivity contribution in [1.29, 1.82) is 0 Å². The normalized spacial score (nSPS) is 25.0. The average molecular weight is 806 g/mol. The van der Waals surface area contributed by atoms with Crippen molar-refractivity contribution >= 4 is 40.3 Å². The lowest BCUT2D eigenvalue weighted by Crippen LogP contribution is -2.38. The summed E-state index contributed by atoms with van der Waals surface area (Å²) in [5, 5.41) is 24.9. The number of ether oxygens (including phenoxy) is 1. The number of nitrogens with zero attached hydrogens (tertiary/aromatic N) is 4. The van der Waals surface area contributed by atoms with Crippen LogP contribution in [0, 0.1) is 35.5 Å². The van der Waals surface area contributed by atoms with Crippen LogP contribution in [-0.2, 0) is 4.79 Å². The predicted molar refractivity (Wildman–Crippen MR) is 214 cm³/mol. The van der Waals surface area contributed by atoms with Crippen LogP contribution >= 0.6 is 0 Å². The van der Waals surface area contributed by atoms with Crippen LogP contribution in [0.4, 0.5) is 18.9 Å². The largest absolute Gasteiger partial charge is 0.573 e. The zero-order valence-electron chi connectivity index (χ0n) is 33.9. The van der Waals surface area contributed by atoms with E-state index in [2.05, 4.69) is 77.2 Å². The Balaban J connectivity index is 1.33. The Labute approximate surface area is 336 Å². The number of H-pyrrole nitrogens is 1. The van der Waals surface area contributed by atoms with Crippen molar-refractivity contribution in [3.63, 3.8) is 0 Å². The second kappa shape index (κ2) is 16.7. The molecule has 0 spiro atoms. The predicted octanol–water partition coefficient (Wildman–Crippen LogP) is 8.12. The summed E-state index contributed by atoms with van der Waals surface area (Å²) in [6.07, 6.45) is 3.01. The zero-order valence-corrected chi connectivity index (χ0v) is 33.9. The van der Waals surface area contributed by atoms with Crippen molar-refractivity contribution in [3.05, 3.63) is 64.6 Å². The summed E-state index contributed by atoms with van der Waals surface area (Å²) in [5.41, 5.74) is 4.48.